The van der Waals surface area contributed by atoms with Crippen LogP contribution >= 0.6 is 11.8 Å². The Balaban J connectivity index is 1.42. The highest BCUT2D eigenvalue weighted by molar-refractivity contribution is 7.99. The molecule has 2 aliphatic heterocycles. The lowest BCUT2D eigenvalue weighted by molar-refractivity contribution is -0.134. The molecule has 1 fully saturated rings. The smallest absolute Gasteiger partial charge is 0.260 e. The van der Waals surface area contributed by atoms with E-state index in [2.05, 4.69) is 29.2 Å². The summed E-state index contributed by atoms with van der Waals surface area (Å²) in [6.07, 6.45) is 1.58. The van der Waals surface area contributed by atoms with Crippen molar-refractivity contribution < 1.29 is 14.6 Å². The Morgan fingerprint density at radius 1 is 1.31 bits per heavy atom. The molecule has 2 atom stereocenters. The molecule has 0 bridgehead atoms. The van der Waals surface area contributed by atoms with Crippen LogP contribution in [0.15, 0.2) is 53.4 Å². The Kier molecular flexibility index (Phi) is 6.43. The number of nitrogens with zero attached hydrogens (tertiary/aromatic N) is 2. The molecule has 1 amide bonds. The number of likely N-dealkylation sites (tertiary alicyclic amines) is 1. The summed E-state index contributed by atoms with van der Waals surface area (Å²) >= 11 is 1.87. The number of rotatable bonds is 7. The van der Waals surface area contributed by atoms with Crippen LogP contribution in [0.5, 0.6) is 5.75 Å². The molecular formula is C23H28N2O3S. The minimum absolute atomic E-state index is 0.0222. The molecule has 6 heteroatoms. The van der Waals surface area contributed by atoms with E-state index in [4.69, 9.17) is 4.74 Å². The predicted molar refractivity (Wildman–Crippen MR) is 115 cm³/mol. The summed E-state index contributed by atoms with van der Waals surface area (Å²) in [4.78, 5) is 18.3. The molecule has 0 spiro atoms. The van der Waals surface area contributed by atoms with Gasteiger partial charge in [-0.2, -0.15) is 0 Å². The van der Waals surface area contributed by atoms with E-state index in [1.54, 1.807) is 4.90 Å². The normalized spacial score (nSPS) is 19.7. The third-order valence-corrected chi connectivity index (χ3v) is 6.86. The topological polar surface area (TPSA) is 53.0 Å². The standard InChI is InChI=1S/C23H28N2O3S/c1-24(23(27)16-28-20-7-8-22-18(13-20)10-12-29-22)21(17-5-3-2-4-6-17)15-25-11-9-19(26)14-25/h2-8,13,19,21,26H,9-12,14-16H2,1H3/t19-,21+/m0/s1. The molecule has 2 heterocycles. The summed E-state index contributed by atoms with van der Waals surface area (Å²) in [5, 5.41) is 9.86. The fourth-order valence-electron chi connectivity index (χ4n) is 4.02. The van der Waals surface area contributed by atoms with Crippen molar-refractivity contribution in [3.8, 4) is 5.75 Å². The first kappa shape index (κ1) is 20.3. The van der Waals surface area contributed by atoms with Crippen LogP contribution in [0.25, 0.3) is 0 Å². The number of fused-ring (bicyclic) bond motifs is 1. The molecule has 29 heavy (non-hydrogen) atoms. The molecule has 2 aromatic rings. The first-order chi connectivity index (χ1) is 14.1. The first-order valence-corrected chi connectivity index (χ1v) is 11.2. The Morgan fingerprint density at radius 3 is 2.90 bits per heavy atom. The summed E-state index contributed by atoms with van der Waals surface area (Å²) < 4.78 is 5.83. The van der Waals surface area contributed by atoms with Gasteiger partial charge in [0.1, 0.15) is 5.75 Å². The number of likely N-dealkylation sites (N-methyl/N-ethyl adjacent to an activating group) is 1. The van der Waals surface area contributed by atoms with Crippen molar-refractivity contribution in [3.05, 3.63) is 59.7 Å². The minimum Gasteiger partial charge on any atom is -0.484 e. The van der Waals surface area contributed by atoms with Crippen LogP contribution in [0.2, 0.25) is 0 Å². The number of carbonyl (C=O) groups excluding carboxylic acids is 1. The maximum absolute atomic E-state index is 12.9. The number of carbonyl (C=O) groups is 1. The van der Waals surface area contributed by atoms with Gasteiger partial charge in [0, 0.05) is 37.3 Å². The summed E-state index contributed by atoms with van der Waals surface area (Å²) in [6, 6.07) is 16.1. The average molecular weight is 413 g/mol. The lowest BCUT2D eigenvalue weighted by Crippen LogP contribution is -2.40. The van der Waals surface area contributed by atoms with Gasteiger partial charge in [0.2, 0.25) is 0 Å². The van der Waals surface area contributed by atoms with E-state index in [1.165, 1.54) is 10.5 Å². The van der Waals surface area contributed by atoms with Crippen LogP contribution in [0.3, 0.4) is 0 Å². The molecule has 0 radical (unpaired) electrons. The van der Waals surface area contributed by atoms with Crippen molar-refractivity contribution in [2.45, 2.75) is 29.9 Å². The van der Waals surface area contributed by atoms with Crippen LogP contribution in [0.4, 0.5) is 0 Å². The lowest BCUT2D eigenvalue weighted by Gasteiger charge is -2.32. The Hall–Kier alpha value is -2.02. The number of aryl methyl sites for hydroxylation is 1. The zero-order valence-corrected chi connectivity index (χ0v) is 17.6. The molecule has 2 aliphatic rings. The first-order valence-electron chi connectivity index (χ1n) is 10.2. The third kappa shape index (κ3) is 4.94. The monoisotopic (exact) mass is 412 g/mol. The minimum atomic E-state index is -0.270. The second-order valence-electron chi connectivity index (χ2n) is 7.79. The maximum atomic E-state index is 12.9. The fourth-order valence-corrected chi connectivity index (χ4v) is 5.08. The van der Waals surface area contributed by atoms with Gasteiger partial charge in [-0.3, -0.25) is 9.69 Å². The van der Waals surface area contributed by atoms with Gasteiger partial charge in [0.05, 0.1) is 12.1 Å². The van der Waals surface area contributed by atoms with Crippen molar-refractivity contribution in [1.82, 2.24) is 9.80 Å². The highest BCUT2D eigenvalue weighted by Crippen LogP contribution is 2.33. The van der Waals surface area contributed by atoms with Crippen LogP contribution in [-0.2, 0) is 11.2 Å². The molecule has 0 aliphatic carbocycles. The van der Waals surface area contributed by atoms with Crippen LogP contribution < -0.4 is 4.74 Å². The molecule has 2 aromatic carbocycles. The Bertz CT molecular complexity index is 845. The number of thioether (sulfide) groups is 1. The van der Waals surface area contributed by atoms with Gasteiger partial charge in [0.15, 0.2) is 6.61 Å². The van der Waals surface area contributed by atoms with Crippen molar-refractivity contribution in [3.63, 3.8) is 0 Å². The van der Waals surface area contributed by atoms with E-state index in [9.17, 15) is 9.90 Å². The summed E-state index contributed by atoms with van der Waals surface area (Å²) in [6.45, 7) is 2.25. The summed E-state index contributed by atoms with van der Waals surface area (Å²) in [7, 11) is 1.84. The van der Waals surface area contributed by atoms with Crippen LogP contribution in [-0.4, -0.2) is 66.0 Å². The largest absolute Gasteiger partial charge is 0.484 e. The molecule has 0 aromatic heterocycles. The number of hydrogen-bond acceptors (Lipinski definition) is 5. The number of hydrogen-bond donors (Lipinski definition) is 1. The molecular weight excluding hydrogens is 384 g/mol. The highest BCUT2D eigenvalue weighted by Gasteiger charge is 2.28. The van der Waals surface area contributed by atoms with E-state index in [0.29, 0.717) is 13.1 Å². The summed E-state index contributed by atoms with van der Waals surface area (Å²) in [5.74, 6) is 1.82. The van der Waals surface area contributed by atoms with Gasteiger partial charge in [-0.05, 0) is 42.2 Å². The predicted octanol–water partition coefficient (Wildman–Crippen LogP) is 2.98. The molecule has 1 saturated heterocycles. The van der Waals surface area contributed by atoms with Crippen LogP contribution in [0, 0.1) is 0 Å². The number of aliphatic hydroxyl groups excluding tert-OH is 1. The maximum Gasteiger partial charge on any atom is 0.260 e. The third-order valence-electron chi connectivity index (χ3n) is 5.75. The zero-order chi connectivity index (χ0) is 20.2. The Morgan fingerprint density at radius 2 is 2.14 bits per heavy atom. The van der Waals surface area contributed by atoms with Crippen molar-refractivity contribution in [2.75, 3.05) is 39.0 Å². The van der Waals surface area contributed by atoms with E-state index in [0.717, 1.165) is 36.5 Å². The van der Waals surface area contributed by atoms with E-state index >= 15 is 0 Å². The number of aliphatic hydroxyl groups is 1. The van der Waals surface area contributed by atoms with E-state index < -0.39 is 0 Å². The Labute approximate surface area is 176 Å². The second-order valence-corrected chi connectivity index (χ2v) is 8.93. The molecule has 5 nitrogen and oxygen atoms in total. The SMILES string of the molecule is CN(C(=O)COc1ccc2c(c1)CCS2)[C@H](CN1CC[C@H](O)C1)c1ccccc1. The van der Waals surface area contributed by atoms with Gasteiger partial charge < -0.3 is 14.7 Å². The molecule has 0 unspecified atom stereocenters. The van der Waals surface area contributed by atoms with Crippen molar-refractivity contribution in [2.24, 2.45) is 0 Å². The fraction of sp³-hybridized carbons (Fsp3) is 0.435. The summed E-state index contributed by atoms with van der Waals surface area (Å²) in [5.41, 5.74) is 2.40. The number of β-amino-alcohol motifs (C(OH)–C–C–N with tert-alkyl or cyclic N) is 1. The lowest BCUT2D eigenvalue weighted by atomic mass is 10.0. The van der Waals surface area contributed by atoms with E-state index in [1.807, 2.05) is 43.1 Å². The average Bonchev–Trinajstić information content (AvgIpc) is 3.38. The number of amides is 1. The molecule has 154 valence electrons. The van der Waals surface area contributed by atoms with Gasteiger partial charge in [-0.25, -0.2) is 0 Å². The molecule has 0 saturated carbocycles. The number of ether oxygens (including phenoxy) is 1. The van der Waals surface area contributed by atoms with Gasteiger partial charge in [-0.15, -0.1) is 11.8 Å². The molecule has 4 rings (SSSR count). The van der Waals surface area contributed by atoms with Crippen molar-refractivity contribution >= 4 is 17.7 Å². The zero-order valence-electron chi connectivity index (χ0n) is 16.8. The second kappa shape index (κ2) is 9.20. The van der Waals surface area contributed by atoms with Gasteiger partial charge in [-0.1, -0.05) is 30.3 Å². The van der Waals surface area contributed by atoms with Crippen LogP contribution in [0.1, 0.15) is 23.6 Å². The van der Waals surface area contributed by atoms with Crippen molar-refractivity contribution in [1.29, 1.82) is 0 Å². The van der Waals surface area contributed by atoms with Gasteiger partial charge in [0.25, 0.3) is 5.91 Å². The molecule has 1 N–H and O–H groups in total. The number of benzene rings is 2. The van der Waals surface area contributed by atoms with E-state index in [-0.39, 0.29) is 24.7 Å². The highest BCUT2D eigenvalue weighted by atomic mass is 32.2. The van der Waals surface area contributed by atoms with Gasteiger partial charge >= 0.3 is 0 Å². The quantitative estimate of drug-likeness (QED) is 0.758.